The van der Waals surface area contributed by atoms with Crippen molar-refractivity contribution >= 4 is 40.3 Å². The third kappa shape index (κ3) is 3.54. The van der Waals surface area contributed by atoms with Crippen LogP contribution in [0.1, 0.15) is 24.9 Å². The van der Waals surface area contributed by atoms with E-state index in [1.54, 1.807) is 29.0 Å². The molecule has 1 aliphatic heterocycles. The van der Waals surface area contributed by atoms with E-state index in [2.05, 4.69) is 25.6 Å². The highest BCUT2D eigenvalue weighted by atomic mass is 35.5. The summed E-state index contributed by atoms with van der Waals surface area (Å²) in [5, 5.41) is 7.63. The Morgan fingerprint density at radius 3 is 2.85 bits per heavy atom. The number of anilines is 1. The molecule has 1 aromatic carbocycles. The van der Waals surface area contributed by atoms with Crippen LogP contribution in [0, 0.1) is 5.92 Å². The fourth-order valence-corrected chi connectivity index (χ4v) is 4.24. The molecule has 0 amide bonds. The van der Waals surface area contributed by atoms with Gasteiger partial charge in [0.25, 0.3) is 0 Å². The van der Waals surface area contributed by atoms with Gasteiger partial charge >= 0.3 is 5.69 Å². The van der Waals surface area contributed by atoms with Crippen molar-refractivity contribution < 1.29 is 0 Å². The van der Waals surface area contributed by atoms with E-state index in [0.717, 1.165) is 26.1 Å². The highest BCUT2D eigenvalue weighted by Gasteiger charge is 2.21. The second-order valence-corrected chi connectivity index (χ2v) is 7.60. The van der Waals surface area contributed by atoms with E-state index in [1.165, 1.54) is 0 Å². The molecule has 142 valence electrons. The molecule has 0 unspecified atom stereocenters. The Morgan fingerprint density at radius 1 is 1.37 bits per heavy atom. The summed E-state index contributed by atoms with van der Waals surface area (Å²) in [4.78, 5) is 24.3. The van der Waals surface area contributed by atoms with Gasteiger partial charge in [-0.25, -0.2) is 9.78 Å². The molecule has 0 radical (unpaired) electrons. The van der Waals surface area contributed by atoms with Gasteiger partial charge in [-0.2, -0.15) is 4.98 Å². The number of hydrogen-bond donors (Lipinski definition) is 3. The van der Waals surface area contributed by atoms with Crippen LogP contribution in [0.25, 0.3) is 11.2 Å². The number of imidazole rings is 1. The summed E-state index contributed by atoms with van der Waals surface area (Å²) < 4.78 is 1.56. The lowest BCUT2D eigenvalue weighted by Gasteiger charge is -2.17. The van der Waals surface area contributed by atoms with Gasteiger partial charge in [-0.3, -0.25) is 4.57 Å². The van der Waals surface area contributed by atoms with Gasteiger partial charge in [0.1, 0.15) is 5.52 Å². The molecular formula is C18H20Cl2N6O. The highest BCUT2D eigenvalue weighted by molar-refractivity contribution is 6.36. The SMILES string of the molecule is C[C@@H](c1c(Cl)cccc1Cl)n1c(=O)[nH]c2cnc(NC[C@@H]3CCNC3)nc21. The molecule has 0 saturated carbocycles. The highest BCUT2D eigenvalue weighted by Crippen LogP contribution is 2.32. The second kappa shape index (κ2) is 7.50. The van der Waals surface area contributed by atoms with Gasteiger partial charge in [0.2, 0.25) is 5.95 Å². The molecule has 3 aromatic rings. The standard InChI is InChI=1S/C18H20Cl2N6O/c1-10(15-12(19)3-2-4-13(15)20)26-16-14(24-18(26)27)9-23-17(25-16)22-8-11-5-6-21-7-11/h2-4,9-11,21H,5-8H2,1H3,(H,24,27)(H,22,23,25)/t10-,11+/m0/s1. The minimum Gasteiger partial charge on any atom is -0.354 e. The summed E-state index contributed by atoms with van der Waals surface area (Å²) in [5.74, 6) is 1.05. The monoisotopic (exact) mass is 406 g/mol. The summed E-state index contributed by atoms with van der Waals surface area (Å²) in [6.07, 6.45) is 2.75. The Balaban J connectivity index is 1.70. The first-order valence-electron chi connectivity index (χ1n) is 8.90. The third-order valence-electron chi connectivity index (χ3n) is 4.97. The third-order valence-corrected chi connectivity index (χ3v) is 5.63. The number of aromatic amines is 1. The maximum Gasteiger partial charge on any atom is 0.328 e. The van der Waals surface area contributed by atoms with Crippen LogP contribution >= 0.6 is 23.2 Å². The Kier molecular flexibility index (Phi) is 5.08. The van der Waals surface area contributed by atoms with Crippen molar-refractivity contribution in [2.24, 2.45) is 5.92 Å². The molecule has 0 aliphatic carbocycles. The molecule has 1 aliphatic rings. The molecule has 1 saturated heterocycles. The lowest BCUT2D eigenvalue weighted by molar-refractivity contribution is 0.612. The molecule has 2 atom stereocenters. The lowest BCUT2D eigenvalue weighted by atomic mass is 10.1. The van der Waals surface area contributed by atoms with Crippen LogP contribution in [-0.2, 0) is 0 Å². The molecule has 0 bridgehead atoms. The van der Waals surface area contributed by atoms with Gasteiger partial charge in [-0.05, 0) is 44.5 Å². The summed E-state index contributed by atoms with van der Waals surface area (Å²) >= 11 is 12.7. The van der Waals surface area contributed by atoms with E-state index >= 15 is 0 Å². The lowest BCUT2D eigenvalue weighted by Crippen LogP contribution is -2.22. The number of H-pyrrole nitrogens is 1. The molecule has 7 nitrogen and oxygen atoms in total. The Bertz CT molecular complexity index is 1000. The molecule has 27 heavy (non-hydrogen) atoms. The number of rotatable bonds is 5. The number of nitrogens with zero attached hydrogens (tertiary/aromatic N) is 3. The number of aromatic nitrogens is 4. The first kappa shape index (κ1) is 18.3. The molecule has 3 N–H and O–H groups in total. The van der Waals surface area contributed by atoms with Gasteiger partial charge in [-0.1, -0.05) is 29.3 Å². The molecule has 0 spiro atoms. The zero-order valence-corrected chi connectivity index (χ0v) is 16.3. The molecular weight excluding hydrogens is 387 g/mol. The second-order valence-electron chi connectivity index (χ2n) is 6.78. The van der Waals surface area contributed by atoms with Gasteiger partial charge in [-0.15, -0.1) is 0 Å². The van der Waals surface area contributed by atoms with Crippen molar-refractivity contribution in [2.75, 3.05) is 25.0 Å². The number of fused-ring (bicyclic) bond motifs is 1. The van der Waals surface area contributed by atoms with Crippen LogP contribution in [0.4, 0.5) is 5.95 Å². The molecule has 9 heteroatoms. The zero-order valence-electron chi connectivity index (χ0n) is 14.8. The van der Waals surface area contributed by atoms with Crippen LogP contribution in [0.2, 0.25) is 10.0 Å². The van der Waals surface area contributed by atoms with E-state index in [0.29, 0.717) is 38.6 Å². The van der Waals surface area contributed by atoms with Crippen LogP contribution in [0.5, 0.6) is 0 Å². The predicted molar refractivity (Wildman–Crippen MR) is 108 cm³/mol. The van der Waals surface area contributed by atoms with E-state index in [4.69, 9.17) is 23.2 Å². The summed E-state index contributed by atoms with van der Waals surface area (Å²) in [5.41, 5.74) is 1.50. The fraction of sp³-hybridized carbons (Fsp3) is 0.389. The van der Waals surface area contributed by atoms with Crippen LogP contribution in [-0.4, -0.2) is 39.2 Å². The van der Waals surface area contributed by atoms with Gasteiger partial charge < -0.3 is 15.6 Å². The predicted octanol–water partition coefficient (Wildman–Crippen LogP) is 3.06. The first-order valence-corrected chi connectivity index (χ1v) is 9.66. The fourth-order valence-electron chi connectivity index (χ4n) is 3.52. The quantitative estimate of drug-likeness (QED) is 0.605. The minimum absolute atomic E-state index is 0.278. The van der Waals surface area contributed by atoms with Crippen molar-refractivity contribution in [1.82, 2.24) is 24.8 Å². The number of benzene rings is 1. The molecule has 2 aromatic heterocycles. The smallest absolute Gasteiger partial charge is 0.328 e. The Morgan fingerprint density at radius 2 is 2.15 bits per heavy atom. The van der Waals surface area contributed by atoms with Gasteiger partial charge in [0.05, 0.1) is 12.2 Å². The van der Waals surface area contributed by atoms with Crippen LogP contribution < -0.4 is 16.3 Å². The number of hydrogen-bond acceptors (Lipinski definition) is 5. The summed E-state index contributed by atoms with van der Waals surface area (Å²) in [6, 6.07) is 4.92. The average Bonchev–Trinajstić information content (AvgIpc) is 3.26. The maximum absolute atomic E-state index is 12.6. The number of nitrogens with one attached hydrogen (secondary N) is 3. The van der Waals surface area contributed by atoms with E-state index in [-0.39, 0.29) is 11.7 Å². The summed E-state index contributed by atoms with van der Waals surface area (Å²) in [6.45, 7) is 4.70. The van der Waals surface area contributed by atoms with Crippen LogP contribution in [0.15, 0.2) is 29.2 Å². The maximum atomic E-state index is 12.6. The van der Waals surface area contributed by atoms with E-state index in [9.17, 15) is 4.79 Å². The van der Waals surface area contributed by atoms with E-state index in [1.807, 2.05) is 6.92 Å². The first-order chi connectivity index (χ1) is 13.0. The number of halogens is 2. The van der Waals surface area contributed by atoms with Crippen molar-refractivity contribution in [3.05, 3.63) is 50.5 Å². The topological polar surface area (TPSA) is 87.6 Å². The minimum atomic E-state index is -0.380. The van der Waals surface area contributed by atoms with Crippen molar-refractivity contribution in [2.45, 2.75) is 19.4 Å². The van der Waals surface area contributed by atoms with Crippen molar-refractivity contribution in [1.29, 1.82) is 0 Å². The van der Waals surface area contributed by atoms with Crippen LogP contribution in [0.3, 0.4) is 0 Å². The van der Waals surface area contributed by atoms with Crippen molar-refractivity contribution in [3.8, 4) is 0 Å². The normalized spacial score (nSPS) is 18.1. The average molecular weight is 407 g/mol. The molecule has 4 rings (SSSR count). The zero-order chi connectivity index (χ0) is 19.0. The van der Waals surface area contributed by atoms with Crippen molar-refractivity contribution in [3.63, 3.8) is 0 Å². The molecule has 1 fully saturated rings. The summed E-state index contributed by atoms with van der Waals surface area (Å²) in [7, 11) is 0. The van der Waals surface area contributed by atoms with Gasteiger partial charge in [0, 0.05) is 22.2 Å². The van der Waals surface area contributed by atoms with Gasteiger partial charge in [0.15, 0.2) is 5.65 Å². The molecule has 3 heterocycles. The van der Waals surface area contributed by atoms with E-state index < -0.39 is 0 Å². The Labute approximate surface area is 166 Å². The largest absolute Gasteiger partial charge is 0.354 e. The Hall–Kier alpha value is -2.09.